The average molecular weight is 473 g/mol. The molecule has 1 saturated carbocycles. The van der Waals surface area contributed by atoms with Crippen LogP contribution in [0.25, 0.3) is 11.2 Å². The SMILES string of the molecule is Cc1nc(N)c2[nH]c(=O)n(Cc3ccc4c(c3)Sc3cc(CCC5CCC5)ccc3N4C)c2n1. The van der Waals surface area contributed by atoms with Crippen LogP contribution in [0.4, 0.5) is 17.2 Å². The molecule has 2 aliphatic rings. The number of aromatic amines is 1. The first-order valence-electron chi connectivity index (χ1n) is 11.9. The van der Waals surface area contributed by atoms with E-state index in [0.717, 1.165) is 17.9 Å². The first-order valence-corrected chi connectivity index (χ1v) is 12.7. The monoisotopic (exact) mass is 472 g/mol. The lowest BCUT2D eigenvalue weighted by molar-refractivity contribution is 0.296. The molecule has 3 N–H and O–H groups in total. The van der Waals surface area contributed by atoms with E-state index in [1.165, 1.54) is 52.4 Å². The van der Waals surface area contributed by atoms with Gasteiger partial charge in [0.2, 0.25) is 0 Å². The van der Waals surface area contributed by atoms with Crippen molar-refractivity contribution in [1.82, 2.24) is 19.5 Å². The Morgan fingerprint density at radius 2 is 1.79 bits per heavy atom. The van der Waals surface area contributed by atoms with Gasteiger partial charge in [-0.2, -0.15) is 0 Å². The van der Waals surface area contributed by atoms with Crippen LogP contribution in [0.5, 0.6) is 0 Å². The Bertz CT molecular complexity index is 1470. The molecule has 1 aliphatic heterocycles. The Balaban J connectivity index is 1.29. The summed E-state index contributed by atoms with van der Waals surface area (Å²) in [5.74, 6) is 1.77. The number of hydrogen-bond acceptors (Lipinski definition) is 6. The smallest absolute Gasteiger partial charge is 0.328 e. The minimum absolute atomic E-state index is 0.231. The lowest BCUT2D eigenvalue weighted by atomic mass is 9.81. The van der Waals surface area contributed by atoms with Crippen LogP contribution in [0.1, 0.15) is 42.6 Å². The zero-order valence-electron chi connectivity index (χ0n) is 19.5. The molecule has 0 atom stereocenters. The summed E-state index contributed by atoms with van der Waals surface area (Å²) in [7, 11) is 2.12. The van der Waals surface area contributed by atoms with Gasteiger partial charge in [0.1, 0.15) is 11.3 Å². The summed E-state index contributed by atoms with van der Waals surface area (Å²) < 4.78 is 1.63. The molecule has 7 nitrogen and oxygen atoms in total. The molecule has 8 heteroatoms. The van der Waals surface area contributed by atoms with Gasteiger partial charge in [-0.1, -0.05) is 43.2 Å². The van der Waals surface area contributed by atoms with Gasteiger partial charge in [-0.25, -0.2) is 14.8 Å². The van der Waals surface area contributed by atoms with E-state index >= 15 is 0 Å². The Hall–Kier alpha value is -3.26. The number of nitrogens with zero attached hydrogens (tertiary/aromatic N) is 4. The molecule has 2 aromatic heterocycles. The zero-order valence-corrected chi connectivity index (χ0v) is 20.3. The third kappa shape index (κ3) is 3.66. The Labute approximate surface area is 202 Å². The highest BCUT2D eigenvalue weighted by Gasteiger charge is 2.23. The van der Waals surface area contributed by atoms with Crippen LogP contribution in [0.3, 0.4) is 0 Å². The van der Waals surface area contributed by atoms with Crippen molar-refractivity contribution in [3.05, 3.63) is 63.8 Å². The summed E-state index contributed by atoms with van der Waals surface area (Å²) in [4.78, 5) is 28.8. The first kappa shape index (κ1) is 21.3. The molecule has 0 amide bonds. The summed E-state index contributed by atoms with van der Waals surface area (Å²) in [6, 6.07) is 13.3. The van der Waals surface area contributed by atoms with Crippen molar-refractivity contribution in [1.29, 1.82) is 0 Å². The number of nitrogen functional groups attached to an aromatic ring is 1. The molecule has 6 rings (SSSR count). The zero-order chi connectivity index (χ0) is 23.4. The molecule has 34 heavy (non-hydrogen) atoms. The van der Waals surface area contributed by atoms with E-state index in [0.29, 0.717) is 29.4 Å². The number of benzene rings is 2. The topological polar surface area (TPSA) is 92.8 Å². The number of H-pyrrole nitrogens is 1. The van der Waals surface area contributed by atoms with Gasteiger partial charge in [0.05, 0.1) is 17.9 Å². The van der Waals surface area contributed by atoms with Crippen LogP contribution in [0.2, 0.25) is 0 Å². The largest absolute Gasteiger partial charge is 0.382 e. The molecule has 1 fully saturated rings. The van der Waals surface area contributed by atoms with E-state index in [4.69, 9.17) is 5.73 Å². The molecule has 0 radical (unpaired) electrons. The van der Waals surface area contributed by atoms with Crippen LogP contribution in [-0.2, 0) is 13.0 Å². The summed E-state index contributed by atoms with van der Waals surface area (Å²) in [6.45, 7) is 2.20. The van der Waals surface area contributed by atoms with E-state index in [-0.39, 0.29) is 5.69 Å². The van der Waals surface area contributed by atoms with Crippen molar-refractivity contribution in [2.45, 2.75) is 55.4 Å². The van der Waals surface area contributed by atoms with E-state index in [9.17, 15) is 4.79 Å². The summed E-state index contributed by atoms with van der Waals surface area (Å²) in [5, 5.41) is 0. The standard InChI is InChI=1S/C26H28N6OS/c1-15-28-24(27)23-25(29-15)32(26(33)30-23)14-18-9-11-20-22(13-18)34-21-12-17(7-6-16-4-3-5-16)8-10-19(21)31(20)2/h8-13,16H,3-7,14H2,1-2H3,(H,30,33)(H2,27,28,29). The highest BCUT2D eigenvalue weighted by atomic mass is 32.2. The molecule has 0 unspecified atom stereocenters. The number of hydrogen-bond donors (Lipinski definition) is 2. The van der Waals surface area contributed by atoms with Crippen LogP contribution < -0.4 is 16.3 Å². The minimum Gasteiger partial charge on any atom is -0.382 e. The quantitative estimate of drug-likeness (QED) is 0.423. The number of rotatable bonds is 5. The Kier molecular flexibility index (Phi) is 5.13. The number of nitrogens with one attached hydrogen (secondary N) is 1. The van der Waals surface area contributed by atoms with Crippen molar-refractivity contribution >= 4 is 40.1 Å². The number of imidazole rings is 1. The van der Waals surface area contributed by atoms with Gasteiger partial charge in [-0.3, -0.25) is 4.57 Å². The first-order chi connectivity index (χ1) is 16.5. The number of aryl methyl sites for hydroxylation is 2. The molecule has 174 valence electrons. The lowest BCUT2D eigenvalue weighted by Crippen LogP contribution is -2.19. The highest BCUT2D eigenvalue weighted by molar-refractivity contribution is 7.99. The molecule has 3 heterocycles. The van der Waals surface area contributed by atoms with Crippen LogP contribution in [0.15, 0.2) is 51.0 Å². The third-order valence-corrected chi connectivity index (χ3v) is 8.25. The fourth-order valence-electron chi connectivity index (χ4n) is 4.98. The summed E-state index contributed by atoms with van der Waals surface area (Å²) in [6.07, 6.45) is 6.65. The normalized spacial score (nSPS) is 15.3. The minimum atomic E-state index is -0.231. The van der Waals surface area contributed by atoms with Crippen LogP contribution >= 0.6 is 11.8 Å². The van der Waals surface area contributed by atoms with Crippen LogP contribution in [-0.4, -0.2) is 26.6 Å². The Morgan fingerprint density at radius 1 is 1.09 bits per heavy atom. The maximum Gasteiger partial charge on any atom is 0.328 e. The van der Waals surface area contributed by atoms with Crippen molar-refractivity contribution in [3.8, 4) is 0 Å². The third-order valence-electron chi connectivity index (χ3n) is 7.16. The second-order valence-corrected chi connectivity index (χ2v) is 10.6. The summed E-state index contributed by atoms with van der Waals surface area (Å²) >= 11 is 1.81. The van der Waals surface area contributed by atoms with Gasteiger partial charge >= 0.3 is 5.69 Å². The number of nitrogens with two attached hydrogens (primary N) is 1. The molecule has 0 spiro atoms. The van der Waals surface area contributed by atoms with Gasteiger partial charge in [-0.15, -0.1) is 0 Å². The predicted molar refractivity (Wildman–Crippen MR) is 137 cm³/mol. The number of anilines is 3. The van der Waals surface area contributed by atoms with Gasteiger partial charge in [0.15, 0.2) is 11.5 Å². The van der Waals surface area contributed by atoms with E-state index in [2.05, 4.69) is 63.3 Å². The Morgan fingerprint density at radius 3 is 2.50 bits per heavy atom. The maximum atomic E-state index is 12.7. The second kappa shape index (κ2) is 8.20. The van der Waals surface area contributed by atoms with Crippen molar-refractivity contribution in [2.75, 3.05) is 17.7 Å². The van der Waals surface area contributed by atoms with Crippen molar-refractivity contribution in [2.24, 2.45) is 5.92 Å². The van der Waals surface area contributed by atoms with Gasteiger partial charge in [0.25, 0.3) is 0 Å². The predicted octanol–water partition coefficient (Wildman–Crippen LogP) is 5.02. The van der Waals surface area contributed by atoms with E-state index in [1.807, 2.05) is 11.8 Å². The molecule has 1 aliphatic carbocycles. The van der Waals surface area contributed by atoms with Gasteiger partial charge in [0, 0.05) is 16.8 Å². The molecule has 2 aromatic carbocycles. The van der Waals surface area contributed by atoms with Gasteiger partial charge in [-0.05, 0) is 61.1 Å². The van der Waals surface area contributed by atoms with Crippen molar-refractivity contribution < 1.29 is 0 Å². The van der Waals surface area contributed by atoms with E-state index in [1.54, 1.807) is 11.5 Å². The molecular weight excluding hydrogens is 444 g/mol. The highest BCUT2D eigenvalue weighted by Crippen LogP contribution is 2.48. The molecule has 4 aromatic rings. The molecular formula is C26H28N6OS. The fourth-order valence-corrected chi connectivity index (χ4v) is 6.26. The fraction of sp³-hybridized carbons (Fsp3) is 0.346. The number of aromatic nitrogens is 4. The van der Waals surface area contributed by atoms with Crippen LogP contribution in [0, 0.1) is 12.8 Å². The number of fused-ring (bicyclic) bond motifs is 3. The molecule has 0 bridgehead atoms. The second-order valence-electron chi connectivity index (χ2n) is 9.47. The average Bonchev–Trinajstić information content (AvgIpc) is 3.08. The van der Waals surface area contributed by atoms with E-state index < -0.39 is 0 Å². The van der Waals surface area contributed by atoms with Gasteiger partial charge < -0.3 is 15.6 Å². The molecule has 0 saturated heterocycles. The van der Waals surface area contributed by atoms with Crippen molar-refractivity contribution in [3.63, 3.8) is 0 Å². The summed E-state index contributed by atoms with van der Waals surface area (Å²) in [5.41, 5.74) is 11.7. The maximum absolute atomic E-state index is 12.7. The lowest BCUT2D eigenvalue weighted by Gasteiger charge is -2.30.